The number of nitro benzene ring substituents is 1. The first kappa shape index (κ1) is 17.4. The molecule has 0 saturated heterocycles. The van der Waals surface area contributed by atoms with Crippen molar-refractivity contribution in [2.75, 3.05) is 6.61 Å². The molecule has 2 N–H and O–H groups in total. The zero-order chi connectivity index (χ0) is 18.4. The monoisotopic (exact) mass is 346 g/mol. The van der Waals surface area contributed by atoms with E-state index in [0.717, 1.165) is 17.5 Å². The van der Waals surface area contributed by atoms with Crippen LogP contribution in [0.25, 0.3) is 10.9 Å². The average molecular weight is 346 g/mol. The molecule has 1 aliphatic heterocycles. The molecule has 1 aromatic heterocycles. The van der Waals surface area contributed by atoms with Crippen molar-refractivity contribution in [3.8, 4) is 0 Å². The third-order valence-corrected chi connectivity index (χ3v) is 5.40. The van der Waals surface area contributed by atoms with Crippen LogP contribution >= 0.6 is 0 Å². The molecular weight excluding hydrogens is 324 g/mol. The number of carbonyl (C=O) groups is 1. The van der Waals surface area contributed by atoms with Gasteiger partial charge in [-0.2, -0.15) is 0 Å². The van der Waals surface area contributed by atoms with Gasteiger partial charge < -0.3 is 14.8 Å². The third kappa shape index (κ3) is 2.59. The first-order valence-electron chi connectivity index (χ1n) is 8.46. The minimum absolute atomic E-state index is 0.0462. The summed E-state index contributed by atoms with van der Waals surface area (Å²) in [5.74, 6) is -0.992. The molecule has 3 rings (SSSR count). The number of nitro groups is 1. The molecule has 0 bridgehead atoms. The number of ether oxygens (including phenoxy) is 1. The van der Waals surface area contributed by atoms with Crippen molar-refractivity contribution in [3.63, 3.8) is 0 Å². The van der Waals surface area contributed by atoms with Crippen LogP contribution in [0.5, 0.6) is 0 Å². The number of carboxylic acid groups (broad SMARTS) is 1. The van der Waals surface area contributed by atoms with E-state index < -0.39 is 11.6 Å². The van der Waals surface area contributed by atoms with Gasteiger partial charge in [-0.05, 0) is 30.4 Å². The van der Waals surface area contributed by atoms with Crippen molar-refractivity contribution in [3.05, 3.63) is 39.1 Å². The van der Waals surface area contributed by atoms with Crippen LogP contribution in [0, 0.1) is 23.0 Å². The molecule has 0 fully saturated rings. The standard InChI is InChI=1S/C18H22N2O5/c1-4-11(3)18(9-14(21)22)17-12(7-8-25-18)15-13(20(23)24)6-5-10(2)16(15)19-17/h5-6,11,19H,4,7-9H2,1-3H3,(H,21,22)/t11?,18-/m1/s1. The van der Waals surface area contributed by atoms with Crippen molar-refractivity contribution in [1.29, 1.82) is 0 Å². The van der Waals surface area contributed by atoms with Gasteiger partial charge in [0.25, 0.3) is 5.69 Å². The van der Waals surface area contributed by atoms with Gasteiger partial charge in [0.05, 0.1) is 34.5 Å². The minimum atomic E-state index is -0.993. The van der Waals surface area contributed by atoms with E-state index in [2.05, 4.69) is 4.98 Å². The Labute approximate surface area is 145 Å². The van der Waals surface area contributed by atoms with Crippen LogP contribution in [0.1, 0.15) is 43.5 Å². The first-order chi connectivity index (χ1) is 11.8. The van der Waals surface area contributed by atoms with Gasteiger partial charge in [-0.15, -0.1) is 0 Å². The highest BCUT2D eigenvalue weighted by Gasteiger charge is 2.46. The molecule has 25 heavy (non-hydrogen) atoms. The van der Waals surface area contributed by atoms with Crippen LogP contribution in [0.15, 0.2) is 12.1 Å². The number of aryl methyl sites for hydroxylation is 1. The Kier molecular flexibility index (Phi) is 4.28. The van der Waals surface area contributed by atoms with Gasteiger partial charge in [0.2, 0.25) is 0 Å². The van der Waals surface area contributed by atoms with Gasteiger partial charge >= 0.3 is 5.97 Å². The molecule has 0 aliphatic carbocycles. The number of aromatic nitrogens is 1. The van der Waals surface area contributed by atoms with Crippen LogP contribution in [0.4, 0.5) is 5.69 Å². The molecule has 134 valence electrons. The third-order valence-electron chi connectivity index (χ3n) is 5.40. The number of hydrogen-bond donors (Lipinski definition) is 2. The zero-order valence-electron chi connectivity index (χ0n) is 14.6. The fourth-order valence-corrected chi connectivity index (χ4v) is 3.92. The fourth-order valence-electron chi connectivity index (χ4n) is 3.92. The highest BCUT2D eigenvalue weighted by atomic mass is 16.6. The molecular formula is C18H22N2O5. The number of non-ortho nitro benzene ring substituents is 1. The zero-order valence-corrected chi connectivity index (χ0v) is 14.6. The van der Waals surface area contributed by atoms with Crippen molar-refractivity contribution in [1.82, 2.24) is 4.98 Å². The van der Waals surface area contributed by atoms with E-state index in [1.54, 1.807) is 6.07 Å². The predicted octanol–water partition coefficient (Wildman–Crippen LogP) is 3.67. The number of H-pyrrole nitrogens is 1. The maximum atomic E-state index is 11.6. The molecule has 2 heterocycles. The molecule has 2 atom stereocenters. The number of aromatic amines is 1. The van der Waals surface area contributed by atoms with Crippen molar-refractivity contribution < 1.29 is 19.6 Å². The van der Waals surface area contributed by atoms with Gasteiger partial charge in [0.1, 0.15) is 5.60 Å². The van der Waals surface area contributed by atoms with Crippen molar-refractivity contribution in [2.45, 2.75) is 45.6 Å². The number of fused-ring (bicyclic) bond motifs is 3. The summed E-state index contributed by atoms with van der Waals surface area (Å²) in [7, 11) is 0. The fraction of sp³-hybridized carbons (Fsp3) is 0.500. The largest absolute Gasteiger partial charge is 0.481 e. The Morgan fingerprint density at radius 1 is 1.52 bits per heavy atom. The number of benzene rings is 1. The second-order valence-corrected chi connectivity index (χ2v) is 6.76. The van der Waals surface area contributed by atoms with E-state index >= 15 is 0 Å². The van der Waals surface area contributed by atoms with Crippen LogP contribution < -0.4 is 0 Å². The molecule has 1 aromatic carbocycles. The van der Waals surface area contributed by atoms with E-state index in [0.29, 0.717) is 29.6 Å². The number of rotatable bonds is 5. The Morgan fingerprint density at radius 3 is 2.84 bits per heavy atom. The summed E-state index contributed by atoms with van der Waals surface area (Å²) in [5, 5.41) is 21.6. The SMILES string of the molecule is CCC(C)[C@@]1(CC(=O)O)OCCc2c1[nH]c1c(C)ccc([N+](=O)[O-])c21. The molecule has 1 unspecified atom stereocenters. The summed E-state index contributed by atoms with van der Waals surface area (Å²) in [6.45, 7) is 6.19. The Balaban J connectivity index is 2.35. The summed E-state index contributed by atoms with van der Waals surface area (Å²) < 4.78 is 6.04. The van der Waals surface area contributed by atoms with Gasteiger partial charge in [-0.3, -0.25) is 14.9 Å². The molecule has 1 aliphatic rings. The summed E-state index contributed by atoms with van der Waals surface area (Å²) in [4.78, 5) is 26.0. The quantitative estimate of drug-likeness (QED) is 0.634. The second-order valence-electron chi connectivity index (χ2n) is 6.76. The van der Waals surface area contributed by atoms with Crippen molar-refractivity contribution >= 4 is 22.6 Å². The van der Waals surface area contributed by atoms with E-state index in [1.807, 2.05) is 20.8 Å². The van der Waals surface area contributed by atoms with Gasteiger partial charge in [-0.1, -0.05) is 26.3 Å². The van der Waals surface area contributed by atoms with Crippen LogP contribution in [0.2, 0.25) is 0 Å². The molecule has 0 spiro atoms. The lowest BCUT2D eigenvalue weighted by Gasteiger charge is -2.40. The topological polar surface area (TPSA) is 105 Å². The van der Waals surface area contributed by atoms with E-state index in [-0.39, 0.29) is 22.9 Å². The Hall–Kier alpha value is -2.41. The summed E-state index contributed by atoms with van der Waals surface area (Å²) in [5.41, 5.74) is 2.15. The van der Waals surface area contributed by atoms with Crippen LogP contribution in [-0.2, 0) is 21.6 Å². The van der Waals surface area contributed by atoms with Gasteiger partial charge in [0, 0.05) is 6.07 Å². The Morgan fingerprint density at radius 2 is 2.24 bits per heavy atom. The molecule has 0 amide bonds. The first-order valence-corrected chi connectivity index (χ1v) is 8.46. The lowest BCUT2D eigenvalue weighted by molar-refractivity contribution is -0.383. The molecule has 0 radical (unpaired) electrons. The summed E-state index contributed by atoms with van der Waals surface area (Å²) in [6, 6.07) is 3.23. The highest BCUT2D eigenvalue weighted by molar-refractivity contribution is 5.95. The maximum Gasteiger partial charge on any atom is 0.306 e. The number of carboxylic acids is 1. The predicted molar refractivity (Wildman–Crippen MR) is 92.7 cm³/mol. The lowest BCUT2D eigenvalue weighted by Crippen LogP contribution is -2.43. The maximum absolute atomic E-state index is 11.6. The molecule has 2 aromatic rings. The molecule has 7 heteroatoms. The highest BCUT2D eigenvalue weighted by Crippen LogP contribution is 2.47. The minimum Gasteiger partial charge on any atom is -0.481 e. The smallest absolute Gasteiger partial charge is 0.306 e. The van der Waals surface area contributed by atoms with Crippen LogP contribution in [-0.4, -0.2) is 27.6 Å². The average Bonchev–Trinajstić information content (AvgIpc) is 2.95. The Bertz CT molecular complexity index is 857. The van der Waals surface area contributed by atoms with Crippen LogP contribution in [0.3, 0.4) is 0 Å². The van der Waals surface area contributed by atoms with Gasteiger partial charge in [0.15, 0.2) is 0 Å². The van der Waals surface area contributed by atoms with Gasteiger partial charge in [-0.25, -0.2) is 0 Å². The summed E-state index contributed by atoms with van der Waals surface area (Å²) >= 11 is 0. The number of aliphatic carboxylic acids is 1. The summed E-state index contributed by atoms with van der Waals surface area (Å²) in [6.07, 6.45) is 1.09. The second kappa shape index (κ2) is 6.15. The number of hydrogen-bond acceptors (Lipinski definition) is 4. The van der Waals surface area contributed by atoms with E-state index in [9.17, 15) is 20.0 Å². The van der Waals surface area contributed by atoms with E-state index in [4.69, 9.17) is 4.74 Å². The lowest BCUT2D eigenvalue weighted by atomic mass is 9.77. The number of nitrogens with zero attached hydrogens (tertiary/aromatic N) is 1. The van der Waals surface area contributed by atoms with Crippen molar-refractivity contribution in [2.24, 2.45) is 5.92 Å². The normalized spacial score (nSPS) is 21.1. The van der Waals surface area contributed by atoms with E-state index in [1.165, 1.54) is 6.07 Å². The molecule has 7 nitrogen and oxygen atoms in total. The molecule has 0 saturated carbocycles. The number of nitrogens with one attached hydrogen (secondary N) is 1.